The number of hydrogen-bond donors (Lipinski definition) is 2. The van der Waals surface area contributed by atoms with Crippen LogP contribution in [0.2, 0.25) is 0 Å². The molecular weight excluding hydrogens is 337 g/mol. The summed E-state index contributed by atoms with van der Waals surface area (Å²) in [4.78, 5) is 35.4. The SMILES string of the molecule is Cc1ncc(C(=O)N2CCNC[C@@H]2C(=O)Nc2ccc(F)cc2)c(C)n1. The van der Waals surface area contributed by atoms with Gasteiger partial charge in [0.15, 0.2) is 0 Å². The van der Waals surface area contributed by atoms with Crippen molar-refractivity contribution < 1.29 is 14.0 Å². The van der Waals surface area contributed by atoms with Crippen molar-refractivity contribution >= 4 is 17.5 Å². The van der Waals surface area contributed by atoms with E-state index in [1.54, 1.807) is 13.8 Å². The van der Waals surface area contributed by atoms with E-state index in [4.69, 9.17) is 0 Å². The van der Waals surface area contributed by atoms with E-state index < -0.39 is 6.04 Å². The lowest BCUT2D eigenvalue weighted by atomic mass is 10.1. The molecule has 3 rings (SSSR count). The molecule has 0 spiro atoms. The van der Waals surface area contributed by atoms with E-state index in [-0.39, 0.29) is 17.6 Å². The molecule has 2 N–H and O–H groups in total. The van der Waals surface area contributed by atoms with Gasteiger partial charge >= 0.3 is 0 Å². The van der Waals surface area contributed by atoms with Crippen molar-refractivity contribution in [3.63, 3.8) is 0 Å². The number of piperazine rings is 1. The van der Waals surface area contributed by atoms with Crippen LogP contribution in [0.4, 0.5) is 10.1 Å². The maximum Gasteiger partial charge on any atom is 0.258 e. The van der Waals surface area contributed by atoms with Crippen molar-refractivity contribution in [1.29, 1.82) is 0 Å². The van der Waals surface area contributed by atoms with Crippen LogP contribution in [0.3, 0.4) is 0 Å². The molecule has 1 aromatic heterocycles. The first kappa shape index (κ1) is 17.9. The Hall–Kier alpha value is -2.87. The van der Waals surface area contributed by atoms with Crippen molar-refractivity contribution in [3.05, 3.63) is 53.4 Å². The monoisotopic (exact) mass is 357 g/mol. The minimum absolute atomic E-state index is 0.275. The van der Waals surface area contributed by atoms with Crippen LogP contribution in [0.5, 0.6) is 0 Å². The second-order valence-electron chi connectivity index (χ2n) is 6.13. The highest BCUT2D eigenvalue weighted by Crippen LogP contribution is 2.15. The number of aryl methyl sites for hydroxylation is 2. The molecule has 1 atom stereocenters. The third-order valence-electron chi connectivity index (χ3n) is 4.25. The molecule has 26 heavy (non-hydrogen) atoms. The van der Waals surface area contributed by atoms with E-state index in [1.165, 1.54) is 35.4 Å². The summed E-state index contributed by atoms with van der Waals surface area (Å²) in [6, 6.07) is 4.82. The summed E-state index contributed by atoms with van der Waals surface area (Å²) in [5, 5.41) is 5.85. The molecule has 0 unspecified atom stereocenters. The van der Waals surface area contributed by atoms with E-state index in [2.05, 4.69) is 20.6 Å². The minimum Gasteiger partial charge on any atom is -0.324 e. The highest BCUT2D eigenvalue weighted by Gasteiger charge is 2.33. The zero-order chi connectivity index (χ0) is 18.7. The summed E-state index contributed by atoms with van der Waals surface area (Å²) in [6.45, 7) is 4.83. The van der Waals surface area contributed by atoms with Gasteiger partial charge in [0.2, 0.25) is 5.91 Å². The van der Waals surface area contributed by atoms with Gasteiger partial charge in [0.1, 0.15) is 17.7 Å². The van der Waals surface area contributed by atoms with Crippen molar-refractivity contribution in [2.45, 2.75) is 19.9 Å². The Morgan fingerprint density at radius 2 is 2.00 bits per heavy atom. The number of carbonyl (C=O) groups excluding carboxylic acids is 2. The van der Waals surface area contributed by atoms with Crippen LogP contribution in [0.1, 0.15) is 21.9 Å². The highest BCUT2D eigenvalue weighted by molar-refractivity contribution is 6.01. The second-order valence-corrected chi connectivity index (χ2v) is 6.13. The molecule has 0 radical (unpaired) electrons. The van der Waals surface area contributed by atoms with Gasteiger partial charge in [-0.15, -0.1) is 0 Å². The average molecular weight is 357 g/mol. The third-order valence-corrected chi connectivity index (χ3v) is 4.25. The van der Waals surface area contributed by atoms with E-state index in [9.17, 15) is 14.0 Å². The standard InChI is InChI=1S/C18H20FN5O2/c1-11-15(9-21-12(2)22-11)18(26)24-8-7-20-10-16(24)17(25)23-14-5-3-13(19)4-6-14/h3-6,9,16,20H,7-8,10H2,1-2H3,(H,23,25)/t16-/m1/s1. The molecule has 8 heteroatoms. The number of nitrogens with zero attached hydrogens (tertiary/aromatic N) is 3. The Kier molecular flexibility index (Phi) is 5.22. The number of hydrogen-bond acceptors (Lipinski definition) is 5. The van der Waals surface area contributed by atoms with Crippen molar-refractivity contribution in [2.75, 3.05) is 25.0 Å². The fourth-order valence-corrected chi connectivity index (χ4v) is 2.89. The Balaban J connectivity index is 1.79. The van der Waals surface area contributed by atoms with Crippen molar-refractivity contribution in [3.8, 4) is 0 Å². The van der Waals surface area contributed by atoms with Gasteiger partial charge in [-0.25, -0.2) is 14.4 Å². The predicted molar refractivity (Wildman–Crippen MR) is 94.2 cm³/mol. The lowest BCUT2D eigenvalue weighted by Crippen LogP contribution is -2.58. The van der Waals surface area contributed by atoms with Gasteiger partial charge in [0, 0.05) is 31.5 Å². The van der Waals surface area contributed by atoms with Gasteiger partial charge in [-0.1, -0.05) is 0 Å². The number of aromatic nitrogens is 2. The predicted octanol–water partition coefficient (Wildman–Crippen LogP) is 1.29. The number of benzene rings is 1. The zero-order valence-electron chi connectivity index (χ0n) is 14.6. The molecule has 2 amide bonds. The number of anilines is 1. The summed E-state index contributed by atoms with van der Waals surface area (Å²) in [6.07, 6.45) is 1.50. The Labute approximate surface area is 150 Å². The molecule has 7 nitrogen and oxygen atoms in total. The fraction of sp³-hybridized carbons (Fsp3) is 0.333. The van der Waals surface area contributed by atoms with E-state index in [1.807, 2.05) is 0 Å². The number of amides is 2. The molecule has 2 aromatic rings. The van der Waals surface area contributed by atoms with Gasteiger partial charge in [-0.3, -0.25) is 9.59 Å². The maximum atomic E-state index is 13.0. The van der Waals surface area contributed by atoms with Gasteiger partial charge in [0.25, 0.3) is 5.91 Å². The largest absolute Gasteiger partial charge is 0.324 e. The summed E-state index contributed by atoms with van der Waals surface area (Å²) in [5.74, 6) is -0.398. The first-order valence-corrected chi connectivity index (χ1v) is 8.34. The molecule has 136 valence electrons. The lowest BCUT2D eigenvalue weighted by molar-refractivity contribution is -0.121. The summed E-state index contributed by atoms with van der Waals surface area (Å²) in [5.41, 5.74) is 1.44. The molecule has 1 aliphatic heterocycles. The van der Waals surface area contributed by atoms with Gasteiger partial charge in [-0.2, -0.15) is 0 Å². The first-order chi connectivity index (χ1) is 12.5. The van der Waals surface area contributed by atoms with E-state index >= 15 is 0 Å². The van der Waals surface area contributed by atoms with Crippen LogP contribution in [-0.4, -0.2) is 52.4 Å². The summed E-state index contributed by atoms with van der Waals surface area (Å²) >= 11 is 0. The van der Waals surface area contributed by atoms with E-state index in [0.717, 1.165) is 0 Å². The summed E-state index contributed by atoms with van der Waals surface area (Å²) < 4.78 is 13.0. The van der Waals surface area contributed by atoms with Crippen LogP contribution < -0.4 is 10.6 Å². The fourth-order valence-electron chi connectivity index (χ4n) is 2.89. The number of rotatable bonds is 3. The van der Waals surface area contributed by atoms with Gasteiger partial charge in [-0.05, 0) is 38.1 Å². The molecule has 1 aromatic carbocycles. The number of nitrogens with one attached hydrogen (secondary N) is 2. The zero-order valence-corrected chi connectivity index (χ0v) is 14.6. The van der Waals surface area contributed by atoms with Crippen LogP contribution >= 0.6 is 0 Å². The van der Waals surface area contributed by atoms with Crippen molar-refractivity contribution in [2.24, 2.45) is 0 Å². The average Bonchev–Trinajstić information content (AvgIpc) is 2.63. The van der Waals surface area contributed by atoms with E-state index in [0.29, 0.717) is 42.4 Å². The smallest absolute Gasteiger partial charge is 0.258 e. The molecular formula is C18H20FN5O2. The lowest BCUT2D eigenvalue weighted by Gasteiger charge is -2.35. The normalized spacial score (nSPS) is 17.0. The molecule has 0 saturated carbocycles. The summed E-state index contributed by atoms with van der Waals surface area (Å²) in [7, 11) is 0. The maximum absolute atomic E-state index is 13.0. The quantitative estimate of drug-likeness (QED) is 0.864. The van der Waals surface area contributed by atoms with Crippen molar-refractivity contribution in [1.82, 2.24) is 20.2 Å². The first-order valence-electron chi connectivity index (χ1n) is 8.34. The molecule has 1 aliphatic rings. The third kappa shape index (κ3) is 3.85. The Morgan fingerprint density at radius 3 is 2.69 bits per heavy atom. The Bertz CT molecular complexity index is 825. The number of carbonyl (C=O) groups is 2. The van der Waals surface area contributed by atoms with Gasteiger partial charge in [0.05, 0.1) is 11.3 Å². The van der Waals surface area contributed by atoms with Crippen LogP contribution in [0.25, 0.3) is 0 Å². The van der Waals surface area contributed by atoms with Crippen LogP contribution in [0, 0.1) is 19.7 Å². The van der Waals surface area contributed by atoms with Crippen LogP contribution in [0.15, 0.2) is 30.5 Å². The Morgan fingerprint density at radius 1 is 1.27 bits per heavy atom. The number of halogens is 1. The topological polar surface area (TPSA) is 87.2 Å². The second kappa shape index (κ2) is 7.57. The van der Waals surface area contributed by atoms with Gasteiger partial charge < -0.3 is 15.5 Å². The molecule has 0 bridgehead atoms. The molecule has 1 fully saturated rings. The minimum atomic E-state index is -0.679. The van der Waals surface area contributed by atoms with Crippen LogP contribution in [-0.2, 0) is 4.79 Å². The molecule has 0 aliphatic carbocycles. The molecule has 1 saturated heterocycles. The highest BCUT2D eigenvalue weighted by atomic mass is 19.1. The molecule has 2 heterocycles.